The third-order valence-electron chi connectivity index (χ3n) is 2.15. The maximum atomic E-state index is 10.4. The van der Waals surface area contributed by atoms with Crippen molar-refractivity contribution in [1.29, 1.82) is 0 Å². The molecule has 100 valence electrons. The Labute approximate surface area is 112 Å². The molecule has 0 fully saturated rings. The molecule has 0 amide bonds. The SMILES string of the molecule is CC(CN(C)C)Oc1ccc(SCC(=O)O)cc1. The number of carbonyl (C=O) groups is 1. The average Bonchev–Trinajstić information content (AvgIpc) is 2.26. The lowest BCUT2D eigenvalue weighted by Gasteiger charge is -2.18. The zero-order valence-electron chi connectivity index (χ0n) is 10.9. The molecule has 0 saturated carbocycles. The summed E-state index contributed by atoms with van der Waals surface area (Å²) < 4.78 is 5.74. The van der Waals surface area contributed by atoms with Gasteiger partial charge in [0.05, 0.1) is 5.75 Å². The maximum absolute atomic E-state index is 10.4. The van der Waals surface area contributed by atoms with Gasteiger partial charge < -0.3 is 14.7 Å². The van der Waals surface area contributed by atoms with Crippen molar-refractivity contribution >= 4 is 17.7 Å². The summed E-state index contributed by atoms with van der Waals surface area (Å²) >= 11 is 1.30. The largest absolute Gasteiger partial charge is 0.489 e. The Balaban J connectivity index is 2.47. The Hall–Kier alpha value is -1.20. The molecule has 1 aromatic rings. The second kappa shape index (κ2) is 7.28. The van der Waals surface area contributed by atoms with E-state index >= 15 is 0 Å². The number of hydrogen-bond acceptors (Lipinski definition) is 4. The fourth-order valence-corrected chi connectivity index (χ4v) is 2.16. The molecule has 1 rings (SSSR count). The first-order chi connectivity index (χ1) is 8.47. The van der Waals surface area contributed by atoms with Gasteiger partial charge in [-0.25, -0.2) is 0 Å². The van der Waals surface area contributed by atoms with E-state index in [1.807, 2.05) is 45.3 Å². The Morgan fingerprint density at radius 2 is 2.00 bits per heavy atom. The highest BCUT2D eigenvalue weighted by atomic mass is 32.2. The summed E-state index contributed by atoms with van der Waals surface area (Å²) in [6, 6.07) is 7.50. The van der Waals surface area contributed by atoms with Gasteiger partial charge in [0.25, 0.3) is 0 Å². The van der Waals surface area contributed by atoms with E-state index in [0.29, 0.717) is 0 Å². The molecule has 0 aliphatic rings. The van der Waals surface area contributed by atoms with Gasteiger partial charge in [0.1, 0.15) is 11.9 Å². The summed E-state index contributed by atoms with van der Waals surface area (Å²) in [5, 5.41) is 8.58. The smallest absolute Gasteiger partial charge is 0.313 e. The lowest BCUT2D eigenvalue weighted by molar-refractivity contribution is -0.133. The first kappa shape index (κ1) is 14.9. The lowest BCUT2D eigenvalue weighted by Crippen LogP contribution is -2.27. The number of carboxylic acids is 1. The van der Waals surface area contributed by atoms with Gasteiger partial charge in [-0.3, -0.25) is 4.79 Å². The van der Waals surface area contributed by atoms with Crippen molar-refractivity contribution in [2.24, 2.45) is 0 Å². The van der Waals surface area contributed by atoms with Crippen LogP contribution in [0.5, 0.6) is 5.75 Å². The average molecular weight is 269 g/mol. The van der Waals surface area contributed by atoms with Crippen LogP contribution in [0.4, 0.5) is 0 Å². The van der Waals surface area contributed by atoms with Crippen LogP contribution in [0, 0.1) is 0 Å². The third-order valence-corrected chi connectivity index (χ3v) is 3.14. The van der Waals surface area contributed by atoms with Crippen LogP contribution in [-0.2, 0) is 4.79 Å². The summed E-state index contributed by atoms with van der Waals surface area (Å²) in [6.45, 7) is 2.88. The van der Waals surface area contributed by atoms with Crippen LogP contribution < -0.4 is 4.74 Å². The maximum Gasteiger partial charge on any atom is 0.313 e. The van der Waals surface area contributed by atoms with Crippen molar-refractivity contribution in [2.75, 3.05) is 26.4 Å². The van der Waals surface area contributed by atoms with Gasteiger partial charge in [-0.15, -0.1) is 11.8 Å². The summed E-state index contributed by atoms with van der Waals surface area (Å²) in [4.78, 5) is 13.4. The monoisotopic (exact) mass is 269 g/mol. The first-order valence-electron chi connectivity index (χ1n) is 5.73. The van der Waals surface area contributed by atoms with Crippen molar-refractivity contribution in [3.8, 4) is 5.75 Å². The standard InChI is InChI=1S/C13H19NO3S/c1-10(8-14(2)3)17-11-4-6-12(7-5-11)18-9-13(15)16/h4-7,10H,8-9H2,1-3H3,(H,15,16). The summed E-state index contributed by atoms with van der Waals surface area (Å²) in [5.74, 6) is 0.0843. The minimum Gasteiger partial charge on any atom is -0.489 e. The second-order valence-corrected chi connectivity index (χ2v) is 5.39. The van der Waals surface area contributed by atoms with E-state index in [1.54, 1.807) is 0 Å². The Bertz CT molecular complexity index is 378. The van der Waals surface area contributed by atoms with Gasteiger partial charge in [-0.05, 0) is 45.3 Å². The Morgan fingerprint density at radius 1 is 1.39 bits per heavy atom. The van der Waals surface area contributed by atoms with E-state index in [1.165, 1.54) is 11.8 Å². The molecular formula is C13H19NO3S. The van der Waals surface area contributed by atoms with Gasteiger partial charge in [0, 0.05) is 11.4 Å². The number of aliphatic carboxylic acids is 1. The van der Waals surface area contributed by atoms with Crippen LogP contribution in [-0.4, -0.2) is 48.5 Å². The molecule has 1 unspecified atom stereocenters. The quantitative estimate of drug-likeness (QED) is 0.769. The number of ether oxygens (including phenoxy) is 1. The van der Waals surface area contributed by atoms with Gasteiger partial charge >= 0.3 is 5.97 Å². The van der Waals surface area contributed by atoms with Crippen LogP contribution in [0.3, 0.4) is 0 Å². The van der Waals surface area contributed by atoms with Crippen LogP contribution in [0.2, 0.25) is 0 Å². The van der Waals surface area contributed by atoms with Crippen molar-refractivity contribution in [1.82, 2.24) is 4.90 Å². The molecule has 0 heterocycles. The van der Waals surface area contributed by atoms with E-state index in [-0.39, 0.29) is 11.9 Å². The van der Waals surface area contributed by atoms with Gasteiger partial charge in [-0.1, -0.05) is 0 Å². The highest BCUT2D eigenvalue weighted by Crippen LogP contribution is 2.21. The normalized spacial score (nSPS) is 12.4. The topological polar surface area (TPSA) is 49.8 Å². The molecule has 0 aliphatic heterocycles. The van der Waals surface area contributed by atoms with Crippen LogP contribution in [0.25, 0.3) is 0 Å². The molecule has 0 spiro atoms. The van der Waals surface area contributed by atoms with Crippen LogP contribution in [0.15, 0.2) is 29.2 Å². The fraction of sp³-hybridized carbons (Fsp3) is 0.462. The predicted molar refractivity (Wildman–Crippen MR) is 73.4 cm³/mol. The summed E-state index contributed by atoms with van der Waals surface area (Å²) in [6.07, 6.45) is 0.123. The third kappa shape index (κ3) is 5.93. The molecule has 0 radical (unpaired) electrons. The highest BCUT2D eigenvalue weighted by Gasteiger charge is 2.05. The van der Waals surface area contributed by atoms with Gasteiger partial charge in [0.2, 0.25) is 0 Å². The molecule has 1 N–H and O–H groups in total. The molecular weight excluding hydrogens is 250 g/mol. The molecule has 18 heavy (non-hydrogen) atoms. The number of thioether (sulfide) groups is 1. The van der Waals surface area contributed by atoms with Gasteiger partial charge in [-0.2, -0.15) is 0 Å². The molecule has 0 aliphatic carbocycles. The van der Waals surface area contributed by atoms with Crippen molar-refractivity contribution < 1.29 is 14.6 Å². The summed E-state index contributed by atoms with van der Waals surface area (Å²) in [7, 11) is 4.01. The predicted octanol–water partition coefficient (Wildman–Crippen LogP) is 2.19. The summed E-state index contributed by atoms with van der Waals surface area (Å²) in [5.41, 5.74) is 0. The van der Waals surface area contributed by atoms with E-state index < -0.39 is 5.97 Å². The van der Waals surface area contributed by atoms with Crippen molar-refractivity contribution in [3.05, 3.63) is 24.3 Å². The number of benzene rings is 1. The fourth-order valence-electron chi connectivity index (χ4n) is 1.54. The van der Waals surface area contributed by atoms with Crippen LogP contribution >= 0.6 is 11.8 Å². The molecule has 1 aromatic carbocycles. The molecule has 0 bridgehead atoms. The van der Waals surface area contributed by atoms with Crippen molar-refractivity contribution in [2.45, 2.75) is 17.9 Å². The first-order valence-corrected chi connectivity index (χ1v) is 6.72. The molecule has 1 atom stereocenters. The van der Waals surface area contributed by atoms with E-state index in [2.05, 4.69) is 4.90 Å². The zero-order chi connectivity index (χ0) is 13.5. The van der Waals surface area contributed by atoms with E-state index in [4.69, 9.17) is 9.84 Å². The number of hydrogen-bond donors (Lipinski definition) is 1. The number of carboxylic acid groups (broad SMARTS) is 1. The minimum atomic E-state index is -0.806. The number of rotatable bonds is 7. The minimum absolute atomic E-state index is 0.0806. The Kier molecular flexibility index (Phi) is 6.01. The van der Waals surface area contributed by atoms with Crippen molar-refractivity contribution in [3.63, 3.8) is 0 Å². The molecule has 4 nitrogen and oxygen atoms in total. The van der Waals surface area contributed by atoms with E-state index in [9.17, 15) is 4.79 Å². The number of nitrogens with zero attached hydrogens (tertiary/aromatic N) is 1. The van der Waals surface area contributed by atoms with Crippen LogP contribution in [0.1, 0.15) is 6.92 Å². The lowest BCUT2D eigenvalue weighted by atomic mass is 10.3. The molecule has 0 aromatic heterocycles. The molecule has 0 saturated heterocycles. The highest BCUT2D eigenvalue weighted by molar-refractivity contribution is 8.00. The Morgan fingerprint density at radius 3 is 2.50 bits per heavy atom. The number of likely N-dealkylation sites (N-methyl/N-ethyl adjacent to an activating group) is 1. The second-order valence-electron chi connectivity index (χ2n) is 4.34. The molecule has 5 heteroatoms. The zero-order valence-corrected chi connectivity index (χ0v) is 11.7. The van der Waals surface area contributed by atoms with E-state index in [0.717, 1.165) is 17.2 Å². The van der Waals surface area contributed by atoms with Gasteiger partial charge in [0.15, 0.2) is 0 Å².